The quantitative estimate of drug-likeness (QED) is 0.863. The Morgan fingerprint density at radius 1 is 1.30 bits per heavy atom. The second kappa shape index (κ2) is 8.36. The third kappa shape index (κ3) is 4.61. The second-order valence-electron chi connectivity index (χ2n) is 6.35. The Hall–Kier alpha value is -0.780. The average Bonchev–Trinajstić information content (AvgIpc) is 2.50. The highest BCUT2D eigenvalue weighted by molar-refractivity contribution is 7.99. The zero-order valence-corrected chi connectivity index (χ0v) is 14.7. The third-order valence-corrected chi connectivity index (χ3v) is 5.88. The van der Waals surface area contributed by atoms with Gasteiger partial charge in [-0.3, -0.25) is 4.79 Å². The molecule has 1 aliphatic carbocycles. The van der Waals surface area contributed by atoms with E-state index in [1.807, 2.05) is 6.07 Å². The molecule has 3 unspecified atom stereocenters. The molecule has 6 heteroatoms. The molecule has 0 radical (unpaired) electrons. The first-order valence-corrected chi connectivity index (χ1v) is 9.09. The Labute approximate surface area is 147 Å². The van der Waals surface area contributed by atoms with E-state index in [1.54, 1.807) is 17.8 Å². The summed E-state index contributed by atoms with van der Waals surface area (Å²) < 4.78 is 13.5. The standard InChI is InChI=1S/C17H23FN2OS.ClH/c18-12-5-6-16-13(10-12)15(7-8-22-16)20-17(21)9-11-3-1-2-4-14(11)19;/h5-6,10-11,14-15H,1-4,7-9,19H2,(H,20,21);1H. The molecular weight excluding hydrogens is 335 g/mol. The van der Waals surface area contributed by atoms with E-state index in [2.05, 4.69) is 5.32 Å². The molecule has 3 N–H and O–H groups in total. The molecular formula is C17H24ClFN2OS. The highest BCUT2D eigenvalue weighted by Gasteiger charge is 2.27. The normalized spacial score (nSPS) is 26.8. The first kappa shape index (κ1) is 18.6. The highest BCUT2D eigenvalue weighted by Crippen LogP contribution is 2.36. The van der Waals surface area contributed by atoms with Crippen LogP contribution in [0, 0.1) is 11.7 Å². The fourth-order valence-electron chi connectivity index (χ4n) is 3.50. The van der Waals surface area contributed by atoms with Gasteiger partial charge in [0.2, 0.25) is 5.91 Å². The summed E-state index contributed by atoms with van der Waals surface area (Å²) in [6, 6.07) is 4.92. The van der Waals surface area contributed by atoms with Gasteiger partial charge < -0.3 is 11.1 Å². The number of benzene rings is 1. The van der Waals surface area contributed by atoms with E-state index in [1.165, 1.54) is 18.9 Å². The minimum atomic E-state index is -0.241. The Balaban J connectivity index is 0.00000192. The molecule has 1 fully saturated rings. The molecule has 1 saturated carbocycles. The predicted octanol–water partition coefficient (Wildman–Crippen LogP) is 3.81. The molecule has 1 aromatic carbocycles. The summed E-state index contributed by atoms with van der Waals surface area (Å²) in [6.45, 7) is 0. The molecule has 0 spiro atoms. The van der Waals surface area contributed by atoms with Crippen molar-refractivity contribution in [2.24, 2.45) is 11.7 Å². The minimum absolute atomic E-state index is 0. The summed E-state index contributed by atoms with van der Waals surface area (Å²) in [5.74, 6) is 1.05. The molecule has 3 rings (SSSR count). The molecule has 0 bridgehead atoms. The number of hydrogen-bond donors (Lipinski definition) is 2. The van der Waals surface area contributed by atoms with E-state index < -0.39 is 0 Å². The number of rotatable bonds is 3. The van der Waals surface area contributed by atoms with Gasteiger partial charge in [-0.2, -0.15) is 0 Å². The summed E-state index contributed by atoms with van der Waals surface area (Å²) in [5.41, 5.74) is 7.04. The van der Waals surface area contributed by atoms with Gasteiger partial charge in [-0.1, -0.05) is 12.8 Å². The lowest BCUT2D eigenvalue weighted by atomic mass is 9.83. The average molecular weight is 359 g/mol. The van der Waals surface area contributed by atoms with E-state index in [0.717, 1.165) is 35.5 Å². The van der Waals surface area contributed by atoms with E-state index in [0.29, 0.717) is 12.3 Å². The Morgan fingerprint density at radius 2 is 2.09 bits per heavy atom. The van der Waals surface area contributed by atoms with Gasteiger partial charge in [0, 0.05) is 23.1 Å². The molecule has 0 saturated heterocycles. The zero-order valence-electron chi connectivity index (χ0n) is 13.1. The molecule has 1 amide bonds. The molecule has 23 heavy (non-hydrogen) atoms. The number of halogens is 2. The van der Waals surface area contributed by atoms with Gasteiger partial charge in [-0.15, -0.1) is 24.2 Å². The Kier molecular flexibility index (Phi) is 6.74. The van der Waals surface area contributed by atoms with Crippen molar-refractivity contribution < 1.29 is 9.18 Å². The maximum Gasteiger partial charge on any atom is 0.220 e. The first-order chi connectivity index (χ1) is 10.6. The van der Waals surface area contributed by atoms with Crippen LogP contribution in [-0.2, 0) is 4.79 Å². The van der Waals surface area contributed by atoms with Crippen LogP contribution in [0.1, 0.15) is 50.1 Å². The van der Waals surface area contributed by atoms with Crippen molar-refractivity contribution in [2.45, 2.75) is 55.5 Å². The molecule has 0 aromatic heterocycles. The molecule has 1 aromatic rings. The minimum Gasteiger partial charge on any atom is -0.349 e. The van der Waals surface area contributed by atoms with E-state index >= 15 is 0 Å². The summed E-state index contributed by atoms with van der Waals surface area (Å²) in [7, 11) is 0. The van der Waals surface area contributed by atoms with Crippen molar-refractivity contribution in [2.75, 3.05) is 5.75 Å². The number of nitrogens with one attached hydrogen (secondary N) is 1. The van der Waals surface area contributed by atoms with Crippen LogP contribution in [0.5, 0.6) is 0 Å². The number of amides is 1. The van der Waals surface area contributed by atoms with Crippen LogP contribution in [0.3, 0.4) is 0 Å². The van der Waals surface area contributed by atoms with Crippen LogP contribution in [0.15, 0.2) is 23.1 Å². The summed E-state index contributed by atoms with van der Waals surface area (Å²) in [5, 5.41) is 3.10. The largest absolute Gasteiger partial charge is 0.349 e. The van der Waals surface area contributed by atoms with Gasteiger partial charge in [0.1, 0.15) is 5.82 Å². The summed E-state index contributed by atoms with van der Waals surface area (Å²) in [6.07, 6.45) is 5.75. The number of carbonyl (C=O) groups excluding carboxylic acids is 1. The number of thioether (sulfide) groups is 1. The van der Waals surface area contributed by atoms with Crippen LogP contribution in [-0.4, -0.2) is 17.7 Å². The maximum atomic E-state index is 13.5. The van der Waals surface area contributed by atoms with Crippen molar-refractivity contribution in [3.05, 3.63) is 29.6 Å². The number of hydrogen-bond acceptors (Lipinski definition) is 3. The lowest BCUT2D eigenvalue weighted by molar-refractivity contribution is -0.123. The van der Waals surface area contributed by atoms with E-state index in [4.69, 9.17) is 5.73 Å². The van der Waals surface area contributed by atoms with Gasteiger partial charge >= 0.3 is 0 Å². The van der Waals surface area contributed by atoms with Crippen molar-refractivity contribution in [3.8, 4) is 0 Å². The molecule has 1 aliphatic heterocycles. The fraction of sp³-hybridized carbons (Fsp3) is 0.588. The zero-order chi connectivity index (χ0) is 15.5. The smallest absolute Gasteiger partial charge is 0.220 e. The van der Waals surface area contributed by atoms with Crippen molar-refractivity contribution in [1.29, 1.82) is 0 Å². The molecule has 3 atom stereocenters. The highest BCUT2D eigenvalue weighted by atomic mass is 35.5. The van der Waals surface area contributed by atoms with Crippen LogP contribution >= 0.6 is 24.2 Å². The van der Waals surface area contributed by atoms with Crippen molar-refractivity contribution in [1.82, 2.24) is 5.32 Å². The number of nitrogens with two attached hydrogens (primary N) is 1. The number of carbonyl (C=O) groups is 1. The molecule has 128 valence electrons. The predicted molar refractivity (Wildman–Crippen MR) is 94.4 cm³/mol. The SMILES string of the molecule is Cl.NC1CCCCC1CC(=O)NC1CCSc2ccc(F)cc21. The fourth-order valence-corrected chi connectivity index (χ4v) is 4.60. The number of fused-ring (bicyclic) bond motifs is 1. The lowest BCUT2D eigenvalue weighted by Crippen LogP contribution is -2.38. The lowest BCUT2D eigenvalue weighted by Gasteiger charge is -2.30. The third-order valence-electron chi connectivity index (χ3n) is 4.76. The van der Waals surface area contributed by atoms with Crippen molar-refractivity contribution in [3.63, 3.8) is 0 Å². The van der Waals surface area contributed by atoms with Gasteiger partial charge in [-0.25, -0.2) is 4.39 Å². The summed E-state index contributed by atoms with van der Waals surface area (Å²) in [4.78, 5) is 13.4. The molecule has 1 heterocycles. The van der Waals surface area contributed by atoms with Gasteiger partial charge in [0.05, 0.1) is 6.04 Å². The Morgan fingerprint density at radius 3 is 2.87 bits per heavy atom. The topological polar surface area (TPSA) is 55.1 Å². The van der Waals surface area contributed by atoms with Gasteiger partial charge in [0.15, 0.2) is 0 Å². The molecule has 2 aliphatic rings. The van der Waals surface area contributed by atoms with E-state index in [-0.39, 0.29) is 36.2 Å². The maximum absolute atomic E-state index is 13.5. The van der Waals surface area contributed by atoms with Gasteiger partial charge in [0.25, 0.3) is 0 Å². The van der Waals surface area contributed by atoms with Crippen LogP contribution in [0.2, 0.25) is 0 Å². The Bertz CT molecular complexity index is 557. The first-order valence-electron chi connectivity index (χ1n) is 8.10. The van der Waals surface area contributed by atoms with E-state index in [9.17, 15) is 9.18 Å². The second-order valence-corrected chi connectivity index (χ2v) is 7.49. The van der Waals surface area contributed by atoms with Crippen molar-refractivity contribution >= 4 is 30.1 Å². The van der Waals surface area contributed by atoms with Crippen LogP contribution in [0.4, 0.5) is 4.39 Å². The summed E-state index contributed by atoms with van der Waals surface area (Å²) >= 11 is 1.73. The van der Waals surface area contributed by atoms with Gasteiger partial charge in [-0.05, 0) is 48.9 Å². The van der Waals surface area contributed by atoms with Crippen LogP contribution in [0.25, 0.3) is 0 Å². The monoisotopic (exact) mass is 358 g/mol. The molecule has 3 nitrogen and oxygen atoms in total. The van der Waals surface area contributed by atoms with Crippen LogP contribution < -0.4 is 11.1 Å².